The minimum absolute atomic E-state index is 0.0115. The van der Waals surface area contributed by atoms with E-state index in [4.69, 9.17) is 10.7 Å². The molecule has 30 heavy (non-hydrogen) atoms. The zero-order valence-corrected chi connectivity index (χ0v) is 19.0. The molecule has 1 aliphatic carbocycles. The molecule has 7 heteroatoms. The first-order chi connectivity index (χ1) is 14.5. The number of fused-ring (bicyclic) bond motifs is 3. The van der Waals surface area contributed by atoms with E-state index in [-0.39, 0.29) is 11.6 Å². The van der Waals surface area contributed by atoms with Gasteiger partial charge in [0.05, 0.1) is 5.39 Å². The zero-order valence-electron chi connectivity index (χ0n) is 17.4. The number of benzene rings is 1. The highest BCUT2D eigenvalue weighted by atomic mass is 32.2. The average molecular weight is 442 g/mol. The SMILES string of the molecule is CC[C@@H](C)n1c(S[C@H](C(N)=O)c2ccccc2)nc2sc3c(c2c1=O)CCCCC3. The summed E-state index contributed by atoms with van der Waals surface area (Å²) in [6, 6.07) is 9.45. The number of primary amides is 1. The minimum atomic E-state index is -0.594. The van der Waals surface area contributed by atoms with E-state index in [1.807, 2.05) is 37.3 Å². The predicted octanol–water partition coefficient (Wildman–Crippen LogP) is 5.02. The van der Waals surface area contributed by atoms with Crippen molar-refractivity contribution in [2.75, 3.05) is 0 Å². The molecule has 0 aliphatic heterocycles. The van der Waals surface area contributed by atoms with E-state index >= 15 is 0 Å². The lowest BCUT2D eigenvalue weighted by atomic mass is 10.1. The van der Waals surface area contributed by atoms with E-state index < -0.39 is 11.2 Å². The van der Waals surface area contributed by atoms with Crippen LogP contribution in [-0.4, -0.2) is 15.5 Å². The Kier molecular flexibility index (Phi) is 6.29. The molecule has 4 rings (SSSR count). The van der Waals surface area contributed by atoms with E-state index in [1.165, 1.54) is 35.0 Å². The van der Waals surface area contributed by atoms with Gasteiger partial charge >= 0.3 is 0 Å². The molecule has 0 radical (unpaired) electrons. The number of nitrogens with two attached hydrogens (primary N) is 1. The van der Waals surface area contributed by atoms with Crippen LogP contribution in [0, 0.1) is 0 Å². The number of aromatic nitrogens is 2. The van der Waals surface area contributed by atoms with Crippen molar-refractivity contribution in [3.8, 4) is 0 Å². The lowest BCUT2D eigenvalue weighted by Gasteiger charge is -2.20. The smallest absolute Gasteiger partial charge is 0.263 e. The molecule has 1 aromatic carbocycles. The number of nitrogens with zero attached hydrogens (tertiary/aromatic N) is 2. The molecule has 0 unspecified atom stereocenters. The van der Waals surface area contributed by atoms with Crippen molar-refractivity contribution in [2.45, 2.75) is 68.8 Å². The molecule has 0 saturated heterocycles. The first-order valence-electron chi connectivity index (χ1n) is 10.6. The lowest BCUT2D eigenvalue weighted by Crippen LogP contribution is -2.27. The molecule has 0 saturated carbocycles. The van der Waals surface area contributed by atoms with E-state index in [0.29, 0.717) is 5.16 Å². The number of thiophene rings is 1. The second-order valence-corrected chi connectivity index (χ2v) is 10.0. The number of carbonyl (C=O) groups excluding carboxylic acids is 1. The third kappa shape index (κ3) is 3.93. The number of hydrogen-bond acceptors (Lipinski definition) is 5. The number of carbonyl (C=O) groups is 1. The van der Waals surface area contributed by atoms with Gasteiger partial charge in [-0.05, 0) is 50.2 Å². The maximum atomic E-state index is 13.7. The summed E-state index contributed by atoms with van der Waals surface area (Å²) in [5, 5.41) is 0.770. The molecule has 158 valence electrons. The molecule has 0 bridgehead atoms. The van der Waals surface area contributed by atoms with Gasteiger partial charge in [0.15, 0.2) is 5.16 Å². The van der Waals surface area contributed by atoms with Crippen LogP contribution in [-0.2, 0) is 17.6 Å². The summed E-state index contributed by atoms with van der Waals surface area (Å²) < 4.78 is 1.78. The normalized spacial score (nSPS) is 16.1. The predicted molar refractivity (Wildman–Crippen MR) is 124 cm³/mol. The molecular weight excluding hydrogens is 414 g/mol. The van der Waals surface area contributed by atoms with Crippen LogP contribution in [0.15, 0.2) is 40.3 Å². The molecule has 2 heterocycles. The van der Waals surface area contributed by atoms with Crippen molar-refractivity contribution in [1.29, 1.82) is 0 Å². The molecular formula is C23H27N3O2S2. The molecule has 2 aromatic heterocycles. The van der Waals surface area contributed by atoms with E-state index in [2.05, 4.69) is 6.92 Å². The standard InChI is InChI=1S/C23H27N3O2S2/c1-3-14(2)26-22(28)18-16-12-8-5-9-13-17(16)29-21(18)25-23(26)30-19(20(24)27)15-10-6-4-7-11-15/h4,6-7,10-11,14,19H,3,5,8-9,12-13H2,1-2H3,(H2,24,27)/t14-,19+/m1/s1. The van der Waals surface area contributed by atoms with Crippen LogP contribution in [0.25, 0.3) is 10.2 Å². The molecule has 2 atom stereocenters. The molecule has 0 fully saturated rings. The molecule has 0 spiro atoms. The van der Waals surface area contributed by atoms with Crippen molar-refractivity contribution < 1.29 is 4.79 Å². The fraction of sp³-hybridized carbons (Fsp3) is 0.435. The highest BCUT2D eigenvalue weighted by Crippen LogP contribution is 2.38. The molecule has 1 aliphatic rings. The summed E-state index contributed by atoms with van der Waals surface area (Å²) >= 11 is 2.93. The number of hydrogen-bond donors (Lipinski definition) is 1. The van der Waals surface area contributed by atoms with Crippen molar-refractivity contribution >= 4 is 39.2 Å². The van der Waals surface area contributed by atoms with Gasteiger partial charge in [-0.1, -0.05) is 55.4 Å². The van der Waals surface area contributed by atoms with Gasteiger partial charge in [0.1, 0.15) is 10.1 Å². The van der Waals surface area contributed by atoms with Crippen LogP contribution in [0.5, 0.6) is 0 Å². The summed E-state index contributed by atoms with van der Waals surface area (Å²) in [6.07, 6.45) is 6.28. The third-order valence-electron chi connectivity index (χ3n) is 5.85. The second kappa shape index (κ2) is 8.94. The largest absolute Gasteiger partial charge is 0.368 e. The Morgan fingerprint density at radius 2 is 1.97 bits per heavy atom. The number of amides is 1. The number of aryl methyl sites for hydroxylation is 2. The van der Waals surface area contributed by atoms with E-state index in [0.717, 1.165) is 41.5 Å². The number of rotatable bonds is 6. The summed E-state index contributed by atoms with van der Waals surface area (Å²) in [5.74, 6) is -0.432. The van der Waals surface area contributed by atoms with Crippen molar-refractivity contribution in [2.24, 2.45) is 5.73 Å². The Morgan fingerprint density at radius 3 is 2.67 bits per heavy atom. The Morgan fingerprint density at radius 1 is 1.23 bits per heavy atom. The van der Waals surface area contributed by atoms with Gasteiger partial charge in [0.2, 0.25) is 5.91 Å². The molecule has 3 aromatic rings. The summed E-state index contributed by atoms with van der Waals surface area (Å²) in [7, 11) is 0. The maximum Gasteiger partial charge on any atom is 0.263 e. The van der Waals surface area contributed by atoms with Crippen LogP contribution < -0.4 is 11.3 Å². The van der Waals surface area contributed by atoms with Crippen molar-refractivity contribution in [3.05, 3.63) is 56.7 Å². The van der Waals surface area contributed by atoms with Gasteiger partial charge in [-0.15, -0.1) is 11.3 Å². The van der Waals surface area contributed by atoms with Gasteiger partial charge < -0.3 is 5.73 Å². The fourth-order valence-electron chi connectivity index (χ4n) is 4.05. The Balaban J connectivity index is 1.88. The van der Waals surface area contributed by atoms with Crippen LogP contribution in [0.4, 0.5) is 0 Å². The second-order valence-electron chi connectivity index (χ2n) is 7.88. The van der Waals surface area contributed by atoms with Gasteiger partial charge in [-0.25, -0.2) is 4.98 Å². The van der Waals surface area contributed by atoms with Gasteiger partial charge in [0, 0.05) is 10.9 Å². The maximum absolute atomic E-state index is 13.7. The first kappa shape index (κ1) is 21.1. The minimum Gasteiger partial charge on any atom is -0.368 e. The van der Waals surface area contributed by atoms with Crippen LogP contribution in [0.2, 0.25) is 0 Å². The quantitative estimate of drug-likeness (QED) is 0.331. The Hall–Kier alpha value is -2.12. The highest BCUT2D eigenvalue weighted by molar-refractivity contribution is 8.00. The third-order valence-corrected chi connectivity index (χ3v) is 8.28. The Bertz CT molecular complexity index is 1120. The zero-order chi connectivity index (χ0) is 21.3. The summed E-state index contributed by atoms with van der Waals surface area (Å²) in [4.78, 5) is 33.0. The van der Waals surface area contributed by atoms with Gasteiger partial charge in [-0.3, -0.25) is 14.2 Å². The number of thioether (sulfide) groups is 1. The van der Waals surface area contributed by atoms with Crippen LogP contribution in [0.3, 0.4) is 0 Å². The lowest BCUT2D eigenvalue weighted by molar-refractivity contribution is -0.117. The fourth-order valence-corrected chi connectivity index (χ4v) is 6.50. The summed E-state index contributed by atoms with van der Waals surface area (Å²) in [5.41, 5.74) is 7.79. The monoisotopic (exact) mass is 441 g/mol. The molecule has 5 nitrogen and oxygen atoms in total. The summed E-state index contributed by atoms with van der Waals surface area (Å²) in [6.45, 7) is 4.10. The van der Waals surface area contributed by atoms with Crippen molar-refractivity contribution in [1.82, 2.24) is 9.55 Å². The Labute approximate surface area is 184 Å². The van der Waals surface area contributed by atoms with Crippen LogP contribution in [0.1, 0.15) is 66.8 Å². The molecule has 2 N–H and O–H groups in total. The van der Waals surface area contributed by atoms with Crippen molar-refractivity contribution in [3.63, 3.8) is 0 Å². The van der Waals surface area contributed by atoms with Gasteiger partial charge in [-0.2, -0.15) is 0 Å². The van der Waals surface area contributed by atoms with E-state index in [1.54, 1.807) is 15.9 Å². The highest BCUT2D eigenvalue weighted by Gasteiger charge is 2.27. The average Bonchev–Trinajstić information content (AvgIpc) is 2.93. The topological polar surface area (TPSA) is 78.0 Å². The van der Waals surface area contributed by atoms with E-state index in [9.17, 15) is 9.59 Å². The van der Waals surface area contributed by atoms with Crippen LogP contribution >= 0.6 is 23.1 Å². The van der Waals surface area contributed by atoms with Gasteiger partial charge in [0.25, 0.3) is 5.56 Å². The first-order valence-corrected chi connectivity index (χ1v) is 12.3. The molecule has 1 amide bonds.